The van der Waals surface area contributed by atoms with E-state index in [1.165, 1.54) is 0 Å². The largest absolute Gasteiger partial charge is 0.372 e. The van der Waals surface area contributed by atoms with Crippen LogP contribution >= 0.6 is 0 Å². The lowest BCUT2D eigenvalue weighted by molar-refractivity contribution is -0.151. The standard InChI is InChI=1S/C25H27N3O2/c1-19-18-28(20(2)17-27(19)23-15-9-10-16-26-23)24(29)25(30,21-11-5-3-6-12-21)22-13-7-4-8-14-22/h3-16,19-20,30H,17-18H2,1-2H3/t19-,20+/m1/s1. The second-order valence-corrected chi connectivity index (χ2v) is 7.94. The van der Waals surface area contributed by atoms with Gasteiger partial charge in [-0.3, -0.25) is 4.79 Å². The molecular weight excluding hydrogens is 374 g/mol. The predicted octanol–water partition coefficient (Wildman–Crippen LogP) is 3.44. The molecule has 2 aromatic carbocycles. The Morgan fingerprint density at radius 3 is 1.97 bits per heavy atom. The number of anilines is 1. The van der Waals surface area contributed by atoms with E-state index in [0.29, 0.717) is 24.2 Å². The smallest absolute Gasteiger partial charge is 0.264 e. The van der Waals surface area contributed by atoms with Crippen molar-refractivity contribution in [3.05, 3.63) is 96.2 Å². The summed E-state index contributed by atoms with van der Waals surface area (Å²) in [6.45, 7) is 5.28. The van der Waals surface area contributed by atoms with Crippen LogP contribution in [0.4, 0.5) is 5.82 Å². The second-order valence-electron chi connectivity index (χ2n) is 7.94. The summed E-state index contributed by atoms with van der Waals surface area (Å²) >= 11 is 0. The second kappa shape index (κ2) is 8.28. The molecule has 0 unspecified atom stereocenters. The van der Waals surface area contributed by atoms with Gasteiger partial charge in [-0.15, -0.1) is 0 Å². The quantitative estimate of drug-likeness (QED) is 0.728. The monoisotopic (exact) mass is 401 g/mol. The molecule has 1 fully saturated rings. The third-order valence-electron chi connectivity index (χ3n) is 5.88. The highest BCUT2D eigenvalue weighted by Gasteiger charge is 2.46. The molecular formula is C25H27N3O2. The van der Waals surface area contributed by atoms with Gasteiger partial charge in [0.1, 0.15) is 5.82 Å². The number of rotatable bonds is 4. The molecule has 3 aromatic rings. The van der Waals surface area contributed by atoms with Crippen molar-refractivity contribution < 1.29 is 9.90 Å². The lowest BCUT2D eigenvalue weighted by Gasteiger charge is -2.47. The summed E-state index contributed by atoms with van der Waals surface area (Å²) in [5.74, 6) is 0.616. The number of aromatic nitrogens is 1. The van der Waals surface area contributed by atoms with Crippen LogP contribution in [0, 0.1) is 0 Å². The Labute approximate surface area is 177 Å². The maximum Gasteiger partial charge on any atom is 0.264 e. The Kier molecular flexibility index (Phi) is 5.55. The first-order valence-corrected chi connectivity index (χ1v) is 10.3. The lowest BCUT2D eigenvalue weighted by atomic mass is 9.84. The summed E-state index contributed by atoms with van der Waals surface area (Å²) in [5, 5.41) is 11.8. The molecule has 2 atom stereocenters. The Morgan fingerprint density at radius 2 is 1.43 bits per heavy atom. The first-order chi connectivity index (χ1) is 14.5. The Hall–Kier alpha value is -3.18. The van der Waals surface area contributed by atoms with Gasteiger partial charge in [0.25, 0.3) is 5.91 Å². The fraction of sp³-hybridized carbons (Fsp3) is 0.280. The highest BCUT2D eigenvalue weighted by molar-refractivity contribution is 5.90. The van der Waals surface area contributed by atoms with E-state index in [4.69, 9.17) is 0 Å². The van der Waals surface area contributed by atoms with Crippen molar-refractivity contribution >= 4 is 11.7 Å². The van der Waals surface area contributed by atoms with Crippen LogP contribution in [0.5, 0.6) is 0 Å². The van der Waals surface area contributed by atoms with Crippen LogP contribution in [0.15, 0.2) is 85.1 Å². The number of nitrogens with zero attached hydrogens (tertiary/aromatic N) is 3. The zero-order valence-electron chi connectivity index (χ0n) is 17.3. The Bertz CT molecular complexity index is 940. The highest BCUT2D eigenvalue weighted by atomic mass is 16.3. The van der Waals surface area contributed by atoms with E-state index in [1.54, 1.807) is 6.20 Å². The molecule has 0 spiro atoms. The van der Waals surface area contributed by atoms with Gasteiger partial charge in [-0.05, 0) is 37.1 Å². The van der Waals surface area contributed by atoms with E-state index in [9.17, 15) is 9.90 Å². The Morgan fingerprint density at radius 1 is 0.867 bits per heavy atom. The fourth-order valence-electron chi connectivity index (χ4n) is 4.23. The first kappa shape index (κ1) is 20.1. The molecule has 1 N–H and O–H groups in total. The van der Waals surface area contributed by atoms with Crippen molar-refractivity contribution in [2.75, 3.05) is 18.0 Å². The molecule has 1 amide bonds. The van der Waals surface area contributed by atoms with Gasteiger partial charge in [0.05, 0.1) is 0 Å². The van der Waals surface area contributed by atoms with E-state index in [0.717, 1.165) is 5.82 Å². The first-order valence-electron chi connectivity index (χ1n) is 10.3. The number of pyridine rings is 1. The Balaban J connectivity index is 1.68. The maximum absolute atomic E-state index is 13.9. The molecule has 4 rings (SSSR count). The van der Waals surface area contributed by atoms with Crippen LogP contribution in [-0.2, 0) is 10.4 Å². The molecule has 0 aliphatic carbocycles. The number of hydrogen-bond acceptors (Lipinski definition) is 4. The van der Waals surface area contributed by atoms with Gasteiger partial charge in [0.15, 0.2) is 5.60 Å². The maximum atomic E-state index is 13.9. The van der Waals surface area contributed by atoms with E-state index < -0.39 is 5.60 Å². The van der Waals surface area contributed by atoms with Crippen LogP contribution < -0.4 is 4.90 Å². The molecule has 30 heavy (non-hydrogen) atoms. The summed E-state index contributed by atoms with van der Waals surface area (Å²) < 4.78 is 0. The molecule has 1 saturated heterocycles. The molecule has 0 radical (unpaired) electrons. The summed E-state index contributed by atoms with van der Waals surface area (Å²) in [5.41, 5.74) is -0.578. The van der Waals surface area contributed by atoms with Gasteiger partial charge in [0.2, 0.25) is 0 Å². The van der Waals surface area contributed by atoms with Crippen molar-refractivity contribution in [3.63, 3.8) is 0 Å². The molecule has 5 nitrogen and oxygen atoms in total. The van der Waals surface area contributed by atoms with Gasteiger partial charge in [-0.2, -0.15) is 0 Å². The number of carbonyl (C=O) groups excluding carboxylic acids is 1. The third-order valence-corrected chi connectivity index (χ3v) is 5.88. The highest BCUT2D eigenvalue weighted by Crippen LogP contribution is 2.34. The van der Waals surface area contributed by atoms with Gasteiger partial charge >= 0.3 is 0 Å². The summed E-state index contributed by atoms with van der Waals surface area (Å²) in [6.07, 6.45) is 1.79. The van der Waals surface area contributed by atoms with Crippen LogP contribution in [0.25, 0.3) is 0 Å². The number of amides is 1. The summed E-state index contributed by atoms with van der Waals surface area (Å²) in [4.78, 5) is 22.4. The zero-order valence-corrected chi connectivity index (χ0v) is 17.3. The minimum absolute atomic E-state index is 0.0744. The molecule has 0 bridgehead atoms. The summed E-state index contributed by atoms with van der Waals surface area (Å²) in [7, 11) is 0. The van der Waals surface area contributed by atoms with E-state index in [-0.39, 0.29) is 18.0 Å². The number of hydrogen-bond donors (Lipinski definition) is 1. The van der Waals surface area contributed by atoms with Crippen LogP contribution in [-0.4, -0.2) is 46.1 Å². The van der Waals surface area contributed by atoms with E-state index in [1.807, 2.05) is 90.7 Å². The number of piperazine rings is 1. The predicted molar refractivity (Wildman–Crippen MR) is 118 cm³/mol. The molecule has 5 heteroatoms. The van der Waals surface area contributed by atoms with Crippen molar-refractivity contribution in [2.45, 2.75) is 31.5 Å². The van der Waals surface area contributed by atoms with Crippen LogP contribution in [0.2, 0.25) is 0 Å². The van der Waals surface area contributed by atoms with Gasteiger partial charge in [-0.25, -0.2) is 4.98 Å². The van der Waals surface area contributed by atoms with Crippen molar-refractivity contribution in [3.8, 4) is 0 Å². The molecule has 0 saturated carbocycles. The summed E-state index contributed by atoms with van der Waals surface area (Å²) in [6, 6.07) is 24.3. The normalized spacial score (nSPS) is 19.6. The minimum atomic E-state index is -1.73. The molecule has 1 aromatic heterocycles. The molecule has 2 heterocycles. The average Bonchev–Trinajstić information content (AvgIpc) is 2.81. The zero-order chi connectivity index (χ0) is 21.1. The lowest BCUT2D eigenvalue weighted by Crippen LogP contribution is -2.62. The average molecular weight is 402 g/mol. The minimum Gasteiger partial charge on any atom is -0.372 e. The van der Waals surface area contributed by atoms with Crippen LogP contribution in [0.3, 0.4) is 0 Å². The van der Waals surface area contributed by atoms with Crippen molar-refractivity contribution in [1.82, 2.24) is 9.88 Å². The SMILES string of the molecule is C[C@@H]1CN(C(=O)C(O)(c2ccccc2)c2ccccc2)[C@@H](C)CN1c1ccccn1. The van der Waals surface area contributed by atoms with Gasteiger partial charge in [-0.1, -0.05) is 66.7 Å². The molecule has 154 valence electrons. The van der Waals surface area contributed by atoms with Crippen LogP contribution in [0.1, 0.15) is 25.0 Å². The fourth-order valence-corrected chi connectivity index (χ4v) is 4.23. The van der Waals surface area contributed by atoms with Crippen molar-refractivity contribution in [1.29, 1.82) is 0 Å². The third kappa shape index (κ3) is 3.57. The van der Waals surface area contributed by atoms with E-state index in [2.05, 4.69) is 16.8 Å². The number of benzene rings is 2. The van der Waals surface area contributed by atoms with Gasteiger partial charge in [0, 0.05) is 31.4 Å². The van der Waals surface area contributed by atoms with E-state index >= 15 is 0 Å². The molecule has 1 aliphatic heterocycles. The topological polar surface area (TPSA) is 56.7 Å². The van der Waals surface area contributed by atoms with Crippen molar-refractivity contribution in [2.24, 2.45) is 0 Å². The van der Waals surface area contributed by atoms with Gasteiger partial charge < -0.3 is 14.9 Å². The number of carbonyl (C=O) groups is 1. The number of aliphatic hydroxyl groups is 1. The molecule has 1 aliphatic rings.